The van der Waals surface area contributed by atoms with Gasteiger partial charge in [0.15, 0.2) is 0 Å². The SMILES string of the molecule is Cc1cc2nc(Cl)n(C(C)C)c2cc1Br. The van der Waals surface area contributed by atoms with E-state index in [2.05, 4.69) is 40.8 Å². The maximum Gasteiger partial charge on any atom is 0.204 e. The standard InChI is InChI=1S/C11H12BrClN2/c1-6(2)15-10-5-8(12)7(3)4-9(10)14-11(15)13/h4-6H,1-3H3. The van der Waals surface area contributed by atoms with Gasteiger partial charge in [-0.3, -0.25) is 0 Å². The number of imidazole rings is 1. The molecule has 0 radical (unpaired) electrons. The molecule has 2 aromatic rings. The predicted molar refractivity (Wildman–Crippen MR) is 67.6 cm³/mol. The zero-order chi connectivity index (χ0) is 11.2. The largest absolute Gasteiger partial charge is 0.312 e. The quantitative estimate of drug-likeness (QED) is 0.763. The van der Waals surface area contributed by atoms with Gasteiger partial charge in [0.25, 0.3) is 0 Å². The van der Waals surface area contributed by atoms with Crippen molar-refractivity contribution in [2.24, 2.45) is 0 Å². The molecule has 0 aliphatic rings. The Morgan fingerprint density at radius 2 is 2.07 bits per heavy atom. The maximum absolute atomic E-state index is 6.10. The summed E-state index contributed by atoms with van der Waals surface area (Å²) in [4.78, 5) is 4.34. The Kier molecular flexibility index (Phi) is 2.77. The molecular formula is C11H12BrClN2. The fourth-order valence-corrected chi connectivity index (χ4v) is 2.39. The van der Waals surface area contributed by atoms with E-state index < -0.39 is 0 Å². The Morgan fingerprint density at radius 1 is 1.40 bits per heavy atom. The van der Waals surface area contributed by atoms with Gasteiger partial charge in [-0.2, -0.15) is 0 Å². The van der Waals surface area contributed by atoms with Gasteiger partial charge in [-0.15, -0.1) is 0 Å². The second kappa shape index (κ2) is 3.80. The summed E-state index contributed by atoms with van der Waals surface area (Å²) in [7, 11) is 0. The third-order valence-electron chi connectivity index (χ3n) is 2.44. The molecule has 0 saturated heterocycles. The van der Waals surface area contributed by atoms with Crippen LogP contribution in [0, 0.1) is 6.92 Å². The fourth-order valence-electron chi connectivity index (χ4n) is 1.68. The summed E-state index contributed by atoms with van der Waals surface area (Å²) < 4.78 is 3.12. The summed E-state index contributed by atoms with van der Waals surface area (Å²) in [5.41, 5.74) is 3.20. The highest BCUT2D eigenvalue weighted by molar-refractivity contribution is 9.10. The van der Waals surface area contributed by atoms with E-state index in [-0.39, 0.29) is 0 Å². The van der Waals surface area contributed by atoms with E-state index in [4.69, 9.17) is 11.6 Å². The van der Waals surface area contributed by atoms with Crippen LogP contribution in [0.15, 0.2) is 16.6 Å². The Hall–Kier alpha value is -0.540. The molecule has 15 heavy (non-hydrogen) atoms. The lowest BCUT2D eigenvalue weighted by Crippen LogP contribution is -2.00. The number of benzene rings is 1. The minimum atomic E-state index is 0.317. The minimum absolute atomic E-state index is 0.317. The number of rotatable bonds is 1. The monoisotopic (exact) mass is 286 g/mol. The normalized spacial score (nSPS) is 11.6. The smallest absolute Gasteiger partial charge is 0.204 e. The van der Waals surface area contributed by atoms with Gasteiger partial charge in [-0.05, 0) is 50.1 Å². The van der Waals surface area contributed by atoms with Gasteiger partial charge < -0.3 is 4.57 Å². The average molecular weight is 288 g/mol. The van der Waals surface area contributed by atoms with Crippen LogP contribution in [0.25, 0.3) is 11.0 Å². The maximum atomic E-state index is 6.10. The third kappa shape index (κ3) is 1.79. The lowest BCUT2D eigenvalue weighted by molar-refractivity contribution is 0.618. The molecule has 0 aliphatic carbocycles. The van der Waals surface area contributed by atoms with Crippen molar-refractivity contribution in [3.05, 3.63) is 27.5 Å². The molecule has 0 unspecified atom stereocenters. The van der Waals surface area contributed by atoms with Crippen LogP contribution in [-0.2, 0) is 0 Å². The molecule has 0 aliphatic heterocycles. The number of aromatic nitrogens is 2. The number of hydrogen-bond donors (Lipinski definition) is 0. The molecule has 0 fully saturated rings. The summed E-state index contributed by atoms with van der Waals surface area (Å²) in [6.45, 7) is 6.24. The number of nitrogens with zero attached hydrogens (tertiary/aromatic N) is 2. The van der Waals surface area contributed by atoms with Crippen LogP contribution in [-0.4, -0.2) is 9.55 Å². The molecular weight excluding hydrogens is 275 g/mol. The molecule has 1 aromatic carbocycles. The van der Waals surface area contributed by atoms with E-state index in [0.717, 1.165) is 15.5 Å². The summed E-state index contributed by atoms with van der Waals surface area (Å²) in [5.74, 6) is 0. The van der Waals surface area contributed by atoms with E-state index in [1.807, 2.05) is 17.6 Å². The molecule has 2 nitrogen and oxygen atoms in total. The molecule has 0 saturated carbocycles. The molecule has 4 heteroatoms. The topological polar surface area (TPSA) is 17.8 Å². The number of halogens is 2. The first-order valence-electron chi connectivity index (χ1n) is 4.84. The summed E-state index contributed by atoms with van der Waals surface area (Å²) >= 11 is 9.63. The first kappa shape index (κ1) is 11.0. The van der Waals surface area contributed by atoms with Gasteiger partial charge in [0.05, 0.1) is 11.0 Å². The van der Waals surface area contributed by atoms with Crippen LogP contribution in [0.1, 0.15) is 25.5 Å². The molecule has 1 heterocycles. The first-order valence-corrected chi connectivity index (χ1v) is 6.01. The number of hydrogen-bond acceptors (Lipinski definition) is 1. The third-order valence-corrected chi connectivity index (χ3v) is 3.56. The Balaban J connectivity index is 2.81. The van der Waals surface area contributed by atoms with E-state index in [9.17, 15) is 0 Å². The zero-order valence-electron chi connectivity index (χ0n) is 8.88. The van der Waals surface area contributed by atoms with Crippen LogP contribution >= 0.6 is 27.5 Å². The van der Waals surface area contributed by atoms with Gasteiger partial charge in [-0.1, -0.05) is 15.9 Å². The molecule has 0 atom stereocenters. The fraction of sp³-hybridized carbons (Fsp3) is 0.364. The molecule has 80 valence electrons. The summed E-state index contributed by atoms with van der Waals surface area (Å²) in [6.07, 6.45) is 0. The second-order valence-corrected chi connectivity index (χ2v) is 5.13. The van der Waals surface area contributed by atoms with Crippen molar-refractivity contribution >= 4 is 38.6 Å². The molecule has 0 spiro atoms. The number of fused-ring (bicyclic) bond motifs is 1. The van der Waals surface area contributed by atoms with Crippen molar-refractivity contribution in [3.63, 3.8) is 0 Å². The van der Waals surface area contributed by atoms with Crippen LogP contribution in [0.3, 0.4) is 0 Å². The highest BCUT2D eigenvalue weighted by Gasteiger charge is 2.12. The van der Waals surface area contributed by atoms with Crippen molar-refractivity contribution in [2.45, 2.75) is 26.8 Å². The molecule has 1 aromatic heterocycles. The van der Waals surface area contributed by atoms with Crippen molar-refractivity contribution in [1.29, 1.82) is 0 Å². The molecule has 0 bridgehead atoms. The van der Waals surface area contributed by atoms with Gasteiger partial charge in [0, 0.05) is 10.5 Å². The Morgan fingerprint density at radius 3 is 2.67 bits per heavy atom. The van der Waals surface area contributed by atoms with Crippen LogP contribution in [0.2, 0.25) is 5.28 Å². The van der Waals surface area contributed by atoms with Crippen molar-refractivity contribution in [2.75, 3.05) is 0 Å². The minimum Gasteiger partial charge on any atom is -0.312 e. The van der Waals surface area contributed by atoms with Crippen LogP contribution < -0.4 is 0 Å². The van der Waals surface area contributed by atoms with Crippen molar-refractivity contribution < 1.29 is 0 Å². The van der Waals surface area contributed by atoms with Crippen LogP contribution in [0.4, 0.5) is 0 Å². The lowest BCUT2D eigenvalue weighted by atomic mass is 10.2. The molecule has 0 amide bonds. The lowest BCUT2D eigenvalue weighted by Gasteiger charge is -2.09. The zero-order valence-corrected chi connectivity index (χ0v) is 11.2. The highest BCUT2D eigenvalue weighted by atomic mass is 79.9. The molecule has 0 N–H and O–H groups in total. The van der Waals surface area contributed by atoms with Gasteiger partial charge >= 0.3 is 0 Å². The predicted octanol–water partition coefficient (Wildman–Crippen LogP) is 4.34. The van der Waals surface area contributed by atoms with Gasteiger partial charge in [0.2, 0.25) is 5.28 Å². The van der Waals surface area contributed by atoms with E-state index >= 15 is 0 Å². The van der Waals surface area contributed by atoms with Crippen molar-refractivity contribution in [3.8, 4) is 0 Å². The van der Waals surface area contributed by atoms with E-state index in [0.29, 0.717) is 11.3 Å². The summed E-state index contributed by atoms with van der Waals surface area (Å²) in [6, 6.07) is 4.44. The second-order valence-electron chi connectivity index (χ2n) is 3.93. The van der Waals surface area contributed by atoms with Gasteiger partial charge in [0.1, 0.15) is 0 Å². The van der Waals surface area contributed by atoms with Gasteiger partial charge in [-0.25, -0.2) is 4.98 Å². The first-order chi connectivity index (χ1) is 7.00. The van der Waals surface area contributed by atoms with E-state index in [1.165, 1.54) is 5.56 Å². The van der Waals surface area contributed by atoms with Crippen molar-refractivity contribution in [1.82, 2.24) is 9.55 Å². The van der Waals surface area contributed by atoms with Crippen LogP contribution in [0.5, 0.6) is 0 Å². The molecule has 2 rings (SSSR count). The Labute approximate surface area is 102 Å². The van der Waals surface area contributed by atoms with E-state index in [1.54, 1.807) is 0 Å². The Bertz CT molecular complexity index is 517. The highest BCUT2D eigenvalue weighted by Crippen LogP contribution is 2.28. The average Bonchev–Trinajstić information content (AvgIpc) is 2.41. The summed E-state index contributed by atoms with van der Waals surface area (Å²) in [5, 5.41) is 0.553. The number of aryl methyl sites for hydroxylation is 1.